The fraction of sp³-hybridized carbons (Fsp3) is 0.440. The Balaban J connectivity index is 1.40. The van der Waals surface area contributed by atoms with Gasteiger partial charge in [-0.1, -0.05) is 23.7 Å². The van der Waals surface area contributed by atoms with E-state index in [0.29, 0.717) is 57.4 Å². The highest BCUT2D eigenvalue weighted by Gasteiger charge is 2.44. The number of fused-ring (bicyclic) bond motifs is 1. The van der Waals surface area contributed by atoms with Gasteiger partial charge in [0.25, 0.3) is 0 Å². The molecule has 2 fully saturated rings. The number of ether oxygens (including phenoxy) is 2. The van der Waals surface area contributed by atoms with Crippen molar-refractivity contribution >= 4 is 23.0 Å². The summed E-state index contributed by atoms with van der Waals surface area (Å²) in [5.74, 6) is 0.365. The van der Waals surface area contributed by atoms with Crippen LogP contribution in [0.1, 0.15) is 24.1 Å². The Bertz CT molecular complexity index is 1080. The molecular weight excluding hydrogens is 426 g/mol. The van der Waals surface area contributed by atoms with Crippen LogP contribution in [0.15, 0.2) is 55.0 Å². The Hall–Kier alpha value is -2.41. The molecule has 0 radical (unpaired) electrons. The highest BCUT2D eigenvalue weighted by atomic mass is 35.5. The quantitative estimate of drug-likeness (QED) is 0.603. The highest BCUT2D eigenvalue weighted by Crippen LogP contribution is 2.38. The number of hydrogen-bond acceptors (Lipinski definition) is 4. The summed E-state index contributed by atoms with van der Waals surface area (Å²) >= 11 is 6.13. The van der Waals surface area contributed by atoms with E-state index in [4.69, 9.17) is 21.1 Å². The SMILES string of the molecule is O=C(N1CCOC[C@H](Cc2nccn3cccc23)C1)C1(c2ccc(Cl)cc2)CCOCC1. The molecule has 0 bridgehead atoms. The molecule has 2 aliphatic rings. The summed E-state index contributed by atoms with van der Waals surface area (Å²) in [5.41, 5.74) is 2.60. The van der Waals surface area contributed by atoms with Gasteiger partial charge in [0.05, 0.1) is 29.8 Å². The van der Waals surface area contributed by atoms with E-state index in [1.165, 1.54) is 0 Å². The van der Waals surface area contributed by atoms with Gasteiger partial charge in [-0.05, 0) is 49.1 Å². The van der Waals surface area contributed by atoms with Gasteiger partial charge in [0.2, 0.25) is 5.91 Å². The van der Waals surface area contributed by atoms with Gasteiger partial charge in [0.15, 0.2) is 0 Å². The first-order valence-corrected chi connectivity index (χ1v) is 11.6. The average Bonchev–Trinajstić information content (AvgIpc) is 3.19. The second-order valence-corrected chi connectivity index (χ2v) is 9.21. The zero-order valence-corrected chi connectivity index (χ0v) is 18.8. The fourth-order valence-electron chi connectivity index (χ4n) is 5.07. The molecule has 1 atom stereocenters. The van der Waals surface area contributed by atoms with Crippen LogP contribution < -0.4 is 0 Å². The average molecular weight is 454 g/mol. The van der Waals surface area contributed by atoms with Crippen molar-refractivity contribution in [3.05, 3.63) is 71.3 Å². The number of carbonyl (C=O) groups is 1. The van der Waals surface area contributed by atoms with E-state index in [2.05, 4.69) is 15.5 Å². The third kappa shape index (κ3) is 4.15. The molecule has 0 saturated carbocycles. The van der Waals surface area contributed by atoms with Gasteiger partial charge in [-0.3, -0.25) is 9.78 Å². The van der Waals surface area contributed by atoms with Crippen LogP contribution in [0.2, 0.25) is 5.02 Å². The first-order chi connectivity index (χ1) is 15.7. The number of carbonyl (C=O) groups excluding carboxylic acids is 1. The van der Waals surface area contributed by atoms with Crippen molar-refractivity contribution in [2.24, 2.45) is 5.92 Å². The number of halogens is 1. The summed E-state index contributed by atoms with van der Waals surface area (Å²) in [6, 6.07) is 11.9. The number of aromatic nitrogens is 2. The maximum absolute atomic E-state index is 14.0. The molecule has 6 nitrogen and oxygen atoms in total. The lowest BCUT2D eigenvalue weighted by atomic mass is 9.73. The molecule has 7 heteroatoms. The number of amides is 1. The minimum Gasteiger partial charge on any atom is -0.381 e. The molecule has 5 rings (SSSR count). The van der Waals surface area contributed by atoms with Crippen LogP contribution in [0.4, 0.5) is 0 Å². The molecule has 1 aromatic carbocycles. The van der Waals surface area contributed by atoms with E-state index in [1.54, 1.807) is 0 Å². The number of hydrogen-bond donors (Lipinski definition) is 0. The Morgan fingerprint density at radius 2 is 1.91 bits per heavy atom. The molecule has 0 spiro atoms. The van der Waals surface area contributed by atoms with Crippen LogP contribution in [0, 0.1) is 5.92 Å². The minimum absolute atomic E-state index is 0.174. The molecule has 0 unspecified atom stereocenters. The van der Waals surface area contributed by atoms with Gasteiger partial charge in [-0.15, -0.1) is 0 Å². The predicted molar refractivity (Wildman–Crippen MR) is 123 cm³/mol. The maximum Gasteiger partial charge on any atom is 0.233 e. The topological polar surface area (TPSA) is 56.1 Å². The molecule has 2 aliphatic heterocycles. The molecule has 32 heavy (non-hydrogen) atoms. The largest absolute Gasteiger partial charge is 0.381 e. The minimum atomic E-state index is -0.572. The van der Waals surface area contributed by atoms with E-state index in [9.17, 15) is 4.79 Å². The van der Waals surface area contributed by atoms with Crippen molar-refractivity contribution in [3.8, 4) is 0 Å². The summed E-state index contributed by atoms with van der Waals surface area (Å²) in [5, 5.41) is 0.679. The molecule has 168 valence electrons. The van der Waals surface area contributed by atoms with Gasteiger partial charge in [0.1, 0.15) is 0 Å². The Morgan fingerprint density at radius 3 is 2.72 bits per heavy atom. The number of benzene rings is 1. The molecule has 0 aliphatic carbocycles. The Labute approximate surface area is 193 Å². The normalized spacial score (nSPS) is 21.4. The van der Waals surface area contributed by atoms with Crippen LogP contribution >= 0.6 is 11.6 Å². The van der Waals surface area contributed by atoms with Crippen LogP contribution in [0.25, 0.3) is 5.52 Å². The zero-order valence-electron chi connectivity index (χ0n) is 18.1. The lowest BCUT2D eigenvalue weighted by Crippen LogP contribution is -2.51. The number of nitrogens with zero attached hydrogens (tertiary/aromatic N) is 3. The summed E-state index contributed by atoms with van der Waals surface area (Å²) in [4.78, 5) is 20.7. The molecule has 3 aromatic rings. The molecular formula is C25H28ClN3O3. The van der Waals surface area contributed by atoms with Gasteiger partial charge in [0, 0.05) is 55.8 Å². The molecule has 0 N–H and O–H groups in total. The molecule has 4 heterocycles. The third-order valence-corrected chi connectivity index (χ3v) is 7.04. The second-order valence-electron chi connectivity index (χ2n) is 8.77. The summed E-state index contributed by atoms with van der Waals surface area (Å²) < 4.78 is 13.6. The molecule has 2 saturated heterocycles. The van der Waals surface area contributed by atoms with E-state index in [-0.39, 0.29) is 11.8 Å². The van der Waals surface area contributed by atoms with Crippen molar-refractivity contribution in [2.45, 2.75) is 24.7 Å². The van der Waals surface area contributed by atoms with Crippen molar-refractivity contribution in [1.82, 2.24) is 14.3 Å². The first-order valence-electron chi connectivity index (χ1n) is 11.3. The highest BCUT2D eigenvalue weighted by molar-refractivity contribution is 6.30. The van der Waals surface area contributed by atoms with Gasteiger partial charge >= 0.3 is 0 Å². The van der Waals surface area contributed by atoms with Gasteiger partial charge < -0.3 is 18.8 Å². The van der Waals surface area contributed by atoms with E-state index in [0.717, 1.165) is 23.2 Å². The summed E-state index contributed by atoms with van der Waals surface area (Å²) in [7, 11) is 0. The molecule has 1 amide bonds. The van der Waals surface area contributed by atoms with Crippen LogP contribution in [-0.2, 0) is 26.1 Å². The smallest absolute Gasteiger partial charge is 0.233 e. The monoisotopic (exact) mass is 453 g/mol. The second kappa shape index (κ2) is 9.22. The van der Waals surface area contributed by atoms with Gasteiger partial charge in [-0.2, -0.15) is 0 Å². The van der Waals surface area contributed by atoms with Crippen LogP contribution in [-0.4, -0.2) is 59.7 Å². The van der Waals surface area contributed by atoms with E-state index < -0.39 is 5.41 Å². The lowest BCUT2D eigenvalue weighted by molar-refractivity contribution is -0.141. The third-order valence-electron chi connectivity index (χ3n) is 6.79. The lowest BCUT2D eigenvalue weighted by Gasteiger charge is -2.40. The van der Waals surface area contributed by atoms with E-state index >= 15 is 0 Å². The van der Waals surface area contributed by atoms with E-state index in [1.807, 2.05) is 53.8 Å². The zero-order chi connectivity index (χ0) is 22.0. The fourth-order valence-corrected chi connectivity index (χ4v) is 5.19. The number of rotatable bonds is 4. The predicted octanol–water partition coefficient (Wildman–Crippen LogP) is 3.75. The standard InChI is InChI=1S/C25H28ClN3O3/c26-21-5-3-20(4-6-21)25(7-13-31-14-8-25)24(30)29-12-15-32-18-19(17-29)16-22-23-2-1-10-28(23)11-9-27-22/h1-6,9-11,19H,7-8,12-18H2/t19-/m1/s1. The van der Waals surface area contributed by atoms with Gasteiger partial charge in [-0.25, -0.2) is 0 Å². The summed E-state index contributed by atoms with van der Waals surface area (Å²) in [6.07, 6.45) is 7.96. The van der Waals surface area contributed by atoms with Crippen LogP contribution in [0.3, 0.4) is 0 Å². The first kappa shape index (κ1) is 21.4. The molecule has 2 aromatic heterocycles. The van der Waals surface area contributed by atoms with Crippen molar-refractivity contribution in [3.63, 3.8) is 0 Å². The van der Waals surface area contributed by atoms with Crippen molar-refractivity contribution in [1.29, 1.82) is 0 Å². The maximum atomic E-state index is 14.0. The Morgan fingerprint density at radius 1 is 1.09 bits per heavy atom. The summed E-state index contributed by atoms with van der Waals surface area (Å²) in [6.45, 7) is 3.62. The van der Waals surface area contributed by atoms with Crippen LogP contribution in [0.5, 0.6) is 0 Å². The van der Waals surface area contributed by atoms with Crippen molar-refractivity contribution < 1.29 is 14.3 Å². The Kier molecular flexibility index (Phi) is 6.17. The van der Waals surface area contributed by atoms with Crippen molar-refractivity contribution in [2.75, 3.05) is 39.5 Å².